The second kappa shape index (κ2) is 19.9. The number of aromatic nitrogens is 4. The van der Waals surface area contributed by atoms with Gasteiger partial charge in [-0.1, -0.05) is 18.2 Å². The normalized spacial score (nSPS) is 24.0. The second-order valence-corrected chi connectivity index (χ2v) is 15.2. The standard InChI is InChI=1S/C33H49N6O15P/c1-17(2)51-32(48)19(4)38-55(49,54-20-8-6-5-7-9-20)16-50-18(3)11-39-15-37-24-30(35-14-36-31(24)39)34-10-21(42)25(44)29(22(43)12-40)53-33-28(47)27(46)26(45)23(13-41)52-33/h5-9,14-15,17-19,22-23,25-29,33,40-41,43-47H,10-13,16H2,1-4H3,(H,38,49)(H,34,35,36)/t18-,19+,22-,23-,25-,26+,27+,28-,29-,33+,55+/m1/s1. The van der Waals surface area contributed by atoms with Gasteiger partial charge in [-0.15, -0.1) is 0 Å². The van der Waals surface area contributed by atoms with Crippen molar-refractivity contribution in [3.05, 3.63) is 43.0 Å². The number of para-hydroxylation sites is 1. The predicted octanol–water partition coefficient (Wildman–Crippen LogP) is -1.73. The number of ether oxygens (including phenoxy) is 4. The van der Waals surface area contributed by atoms with Crippen LogP contribution in [0.3, 0.4) is 0 Å². The summed E-state index contributed by atoms with van der Waals surface area (Å²) in [7, 11) is -3.84. The van der Waals surface area contributed by atoms with E-state index in [4.69, 9.17) is 23.5 Å². The third-order valence-electron chi connectivity index (χ3n) is 8.25. The molecule has 1 saturated heterocycles. The molecule has 0 unspecified atom stereocenters. The van der Waals surface area contributed by atoms with E-state index >= 15 is 0 Å². The summed E-state index contributed by atoms with van der Waals surface area (Å²) in [6, 6.07) is 7.41. The Morgan fingerprint density at radius 1 is 1.00 bits per heavy atom. The molecule has 1 aliphatic heterocycles. The van der Waals surface area contributed by atoms with E-state index in [0.717, 1.165) is 0 Å². The van der Waals surface area contributed by atoms with Crippen molar-refractivity contribution in [1.82, 2.24) is 24.6 Å². The van der Waals surface area contributed by atoms with Crippen molar-refractivity contribution in [3.8, 4) is 5.75 Å². The smallest absolute Gasteiger partial charge is 0.342 e. The van der Waals surface area contributed by atoms with E-state index in [2.05, 4.69) is 25.4 Å². The molecule has 9 N–H and O–H groups in total. The van der Waals surface area contributed by atoms with Crippen LogP contribution in [0.15, 0.2) is 43.0 Å². The summed E-state index contributed by atoms with van der Waals surface area (Å²) in [5.41, 5.74) is 0.533. The van der Waals surface area contributed by atoms with Gasteiger partial charge in [0.05, 0.1) is 44.8 Å². The Labute approximate surface area is 315 Å². The number of carbonyl (C=O) groups is 2. The van der Waals surface area contributed by atoms with Gasteiger partial charge in [0.15, 0.2) is 23.5 Å². The number of imidazole rings is 1. The van der Waals surface area contributed by atoms with Crippen LogP contribution >= 0.6 is 7.52 Å². The van der Waals surface area contributed by atoms with Gasteiger partial charge in [0.1, 0.15) is 72.7 Å². The molecule has 11 atom stereocenters. The molecule has 55 heavy (non-hydrogen) atoms. The zero-order valence-corrected chi connectivity index (χ0v) is 31.5. The van der Waals surface area contributed by atoms with Crippen LogP contribution in [0.2, 0.25) is 0 Å². The van der Waals surface area contributed by atoms with Crippen molar-refractivity contribution in [3.63, 3.8) is 0 Å². The lowest BCUT2D eigenvalue weighted by atomic mass is 9.98. The van der Waals surface area contributed by atoms with Gasteiger partial charge in [-0.2, -0.15) is 0 Å². The van der Waals surface area contributed by atoms with Crippen molar-refractivity contribution >= 4 is 36.3 Å². The van der Waals surface area contributed by atoms with Crippen LogP contribution in [0, 0.1) is 0 Å². The van der Waals surface area contributed by atoms with E-state index < -0.39 is 107 Å². The summed E-state index contributed by atoms with van der Waals surface area (Å²) in [6.45, 7) is 4.39. The topological polar surface area (TPSA) is 307 Å². The fraction of sp³-hybridized carbons (Fsp3) is 0.606. The lowest BCUT2D eigenvalue weighted by Gasteiger charge is -2.41. The van der Waals surface area contributed by atoms with Gasteiger partial charge in [0.2, 0.25) is 0 Å². The minimum Gasteiger partial charge on any atom is -0.462 e. The second-order valence-electron chi connectivity index (χ2n) is 13.1. The SMILES string of the molecule is CC(C)OC(=O)[C@H](C)N[P@](=O)(CO[C@H](C)Cn1cnc2c(NCC(=O)[C@@H](O)[C@H](O[C@@H]3O[C@H](CO)[C@H](O)[C@H](O)[C@H]3O)[C@H](O)CO)ncnc21)Oc1ccccc1. The van der Waals surface area contributed by atoms with Gasteiger partial charge in [-0.05, 0) is 39.8 Å². The summed E-state index contributed by atoms with van der Waals surface area (Å²) in [5.74, 6) is -1.20. The average Bonchev–Trinajstić information content (AvgIpc) is 3.57. The summed E-state index contributed by atoms with van der Waals surface area (Å²) >= 11 is 0. The number of aliphatic hydroxyl groups is 7. The van der Waals surface area contributed by atoms with E-state index in [0.29, 0.717) is 11.4 Å². The summed E-state index contributed by atoms with van der Waals surface area (Å²) in [4.78, 5) is 38.3. The molecular weight excluding hydrogens is 751 g/mol. The van der Waals surface area contributed by atoms with Crippen molar-refractivity contribution < 1.29 is 73.4 Å². The minimum absolute atomic E-state index is 0.0826. The summed E-state index contributed by atoms with van der Waals surface area (Å²) in [6.07, 6.45) is -13.3. The van der Waals surface area contributed by atoms with Crippen LogP contribution in [-0.4, -0.2) is 160 Å². The first-order chi connectivity index (χ1) is 26.1. The molecule has 3 heterocycles. The van der Waals surface area contributed by atoms with Gasteiger partial charge in [-0.25, -0.2) is 20.0 Å². The molecule has 306 valence electrons. The first kappa shape index (κ1) is 44.0. The molecule has 3 aromatic rings. The zero-order chi connectivity index (χ0) is 40.4. The van der Waals surface area contributed by atoms with E-state index in [9.17, 15) is 49.9 Å². The van der Waals surface area contributed by atoms with Crippen LogP contribution in [0.25, 0.3) is 11.2 Å². The highest BCUT2D eigenvalue weighted by Gasteiger charge is 2.47. The Bertz CT molecular complexity index is 1740. The molecule has 0 saturated carbocycles. The highest BCUT2D eigenvalue weighted by atomic mass is 31.2. The molecule has 21 nitrogen and oxygen atoms in total. The summed E-state index contributed by atoms with van der Waals surface area (Å²) in [5, 5.41) is 76.0. The Kier molecular flexibility index (Phi) is 16.0. The van der Waals surface area contributed by atoms with Gasteiger partial charge >= 0.3 is 13.5 Å². The van der Waals surface area contributed by atoms with E-state index in [1.165, 1.54) is 19.6 Å². The average molecular weight is 801 g/mol. The number of aliphatic hydroxyl groups excluding tert-OH is 7. The van der Waals surface area contributed by atoms with Crippen molar-refractivity contribution in [2.45, 2.75) is 102 Å². The van der Waals surface area contributed by atoms with E-state index in [1.54, 1.807) is 55.7 Å². The molecule has 0 spiro atoms. The van der Waals surface area contributed by atoms with Crippen LogP contribution in [-0.2, 0) is 39.6 Å². The first-order valence-electron chi connectivity index (χ1n) is 17.4. The molecule has 0 aliphatic carbocycles. The van der Waals surface area contributed by atoms with Crippen molar-refractivity contribution in [2.24, 2.45) is 0 Å². The van der Waals surface area contributed by atoms with Gasteiger partial charge < -0.3 is 69.1 Å². The number of fused-ring (bicyclic) bond motifs is 1. The predicted molar refractivity (Wildman–Crippen MR) is 190 cm³/mol. The monoisotopic (exact) mass is 800 g/mol. The van der Waals surface area contributed by atoms with Crippen molar-refractivity contribution in [1.29, 1.82) is 0 Å². The van der Waals surface area contributed by atoms with E-state index in [1.807, 2.05) is 0 Å². The Morgan fingerprint density at radius 2 is 1.71 bits per heavy atom. The highest BCUT2D eigenvalue weighted by molar-refractivity contribution is 7.57. The molecule has 4 rings (SSSR count). The van der Waals surface area contributed by atoms with E-state index in [-0.39, 0.29) is 24.0 Å². The number of nitrogens with zero attached hydrogens (tertiary/aromatic N) is 4. The lowest BCUT2D eigenvalue weighted by Crippen LogP contribution is -2.61. The number of esters is 1. The molecule has 0 bridgehead atoms. The number of rotatable bonds is 21. The molecule has 0 amide bonds. The number of benzene rings is 1. The number of anilines is 1. The largest absolute Gasteiger partial charge is 0.462 e. The fourth-order valence-electron chi connectivity index (χ4n) is 5.40. The molecule has 1 aliphatic rings. The first-order valence-corrected chi connectivity index (χ1v) is 19.2. The maximum Gasteiger partial charge on any atom is 0.342 e. The Balaban J connectivity index is 1.40. The quantitative estimate of drug-likeness (QED) is 0.0427. The Hall–Kier alpha value is -3.70. The van der Waals surface area contributed by atoms with Crippen molar-refractivity contribution in [2.75, 3.05) is 31.4 Å². The number of hydrogen-bond donors (Lipinski definition) is 9. The maximum atomic E-state index is 13.9. The molecular formula is C33H49N6O15P. The third-order valence-corrected chi connectivity index (χ3v) is 10.0. The van der Waals surface area contributed by atoms with Crippen LogP contribution in [0.1, 0.15) is 27.7 Å². The number of Topliss-reactive ketones (excluding diaryl/α,β-unsaturated/α-hetero) is 1. The minimum atomic E-state index is -3.84. The Morgan fingerprint density at radius 3 is 2.36 bits per heavy atom. The van der Waals surface area contributed by atoms with Crippen LogP contribution < -0.4 is 14.9 Å². The highest BCUT2D eigenvalue weighted by Crippen LogP contribution is 2.44. The molecule has 22 heteroatoms. The van der Waals surface area contributed by atoms with Crippen LogP contribution in [0.4, 0.5) is 5.82 Å². The molecule has 0 radical (unpaired) electrons. The number of carbonyl (C=O) groups excluding carboxylic acids is 2. The molecule has 1 fully saturated rings. The molecule has 1 aromatic carbocycles. The van der Waals surface area contributed by atoms with Crippen LogP contribution in [0.5, 0.6) is 5.75 Å². The van der Waals surface area contributed by atoms with Gasteiger partial charge in [0.25, 0.3) is 0 Å². The molecule has 2 aromatic heterocycles. The number of ketones is 1. The number of hydrogen-bond acceptors (Lipinski definition) is 19. The third kappa shape index (κ3) is 11.7. The van der Waals surface area contributed by atoms with Gasteiger partial charge in [-0.3, -0.25) is 14.2 Å². The van der Waals surface area contributed by atoms with Gasteiger partial charge in [0, 0.05) is 0 Å². The zero-order valence-electron chi connectivity index (χ0n) is 30.6. The fourth-order valence-corrected chi connectivity index (χ4v) is 7.18. The lowest BCUT2D eigenvalue weighted by molar-refractivity contribution is -0.323. The number of nitrogens with one attached hydrogen (secondary N) is 2. The maximum absolute atomic E-state index is 13.9. The summed E-state index contributed by atoms with van der Waals surface area (Å²) < 4.78 is 43.2.